The highest BCUT2D eigenvalue weighted by Gasteiger charge is 2.15. The summed E-state index contributed by atoms with van der Waals surface area (Å²) < 4.78 is 5.09. The third kappa shape index (κ3) is 3.70. The molecule has 0 saturated heterocycles. The van der Waals surface area contributed by atoms with Crippen LogP contribution in [0.2, 0.25) is 0 Å². The van der Waals surface area contributed by atoms with Gasteiger partial charge in [0.15, 0.2) is 0 Å². The van der Waals surface area contributed by atoms with Gasteiger partial charge in [-0.2, -0.15) is 0 Å². The highest BCUT2D eigenvalue weighted by molar-refractivity contribution is 5.43. The average Bonchev–Trinajstić information content (AvgIpc) is 2.36. The zero-order chi connectivity index (χ0) is 13.7. The maximum absolute atomic E-state index is 10.8. The van der Waals surface area contributed by atoms with E-state index in [0.29, 0.717) is 17.7 Å². The number of benzene rings is 1. The van der Waals surface area contributed by atoms with Crippen LogP contribution in [0.15, 0.2) is 18.2 Å². The van der Waals surface area contributed by atoms with Crippen LogP contribution in [0.5, 0.6) is 5.75 Å². The smallest absolute Gasteiger partial charge is 0.273 e. The van der Waals surface area contributed by atoms with Crippen molar-refractivity contribution in [2.24, 2.45) is 5.92 Å². The molecule has 1 aromatic carbocycles. The molecule has 0 spiro atoms. The second kappa shape index (κ2) is 6.35. The van der Waals surface area contributed by atoms with E-state index >= 15 is 0 Å². The highest BCUT2D eigenvalue weighted by Crippen LogP contribution is 2.24. The molecule has 0 fully saturated rings. The Hall–Kier alpha value is -1.62. The molecule has 0 aliphatic carbocycles. The lowest BCUT2D eigenvalue weighted by atomic mass is 9.94. The minimum absolute atomic E-state index is 0.0775. The van der Waals surface area contributed by atoms with E-state index in [0.717, 1.165) is 12.0 Å². The number of nitrogens with zero attached hydrogens (tertiary/aromatic N) is 1. The molecule has 0 bridgehead atoms. The molecule has 18 heavy (non-hydrogen) atoms. The molecule has 0 aliphatic rings. The van der Waals surface area contributed by atoms with Crippen LogP contribution in [0.25, 0.3) is 0 Å². The number of hydrogen-bond acceptors (Lipinski definition) is 4. The van der Waals surface area contributed by atoms with E-state index in [1.165, 1.54) is 13.2 Å². The summed E-state index contributed by atoms with van der Waals surface area (Å²) in [6, 6.07) is 5.26. The first kappa shape index (κ1) is 14.4. The van der Waals surface area contributed by atoms with Crippen molar-refractivity contribution in [3.05, 3.63) is 33.9 Å². The number of hydrogen-bond donors (Lipinski definition) is 1. The van der Waals surface area contributed by atoms with Crippen LogP contribution in [0.3, 0.4) is 0 Å². The Labute approximate surface area is 107 Å². The first-order valence-electron chi connectivity index (χ1n) is 5.97. The maximum atomic E-state index is 10.8. The summed E-state index contributed by atoms with van der Waals surface area (Å²) in [6.07, 6.45) is 0.778. The molecular formula is C13H20N2O3. The van der Waals surface area contributed by atoms with Gasteiger partial charge in [0.05, 0.1) is 18.1 Å². The van der Waals surface area contributed by atoms with Crippen molar-refractivity contribution in [3.8, 4) is 5.75 Å². The van der Waals surface area contributed by atoms with Crippen molar-refractivity contribution < 1.29 is 9.66 Å². The van der Waals surface area contributed by atoms with Crippen molar-refractivity contribution in [1.82, 2.24) is 5.32 Å². The summed E-state index contributed by atoms with van der Waals surface area (Å²) >= 11 is 0. The first-order chi connectivity index (χ1) is 8.47. The number of nitrogens with one attached hydrogen (secondary N) is 1. The Balaban J connectivity index is 2.94. The first-order valence-corrected chi connectivity index (χ1v) is 5.97. The van der Waals surface area contributed by atoms with Crippen LogP contribution in [0.1, 0.15) is 19.4 Å². The SMILES string of the molecule is CNC(C)C(C)Cc1cc(OC)cc([N+](=O)[O-])c1. The molecule has 100 valence electrons. The summed E-state index contributed by atoms with van der Waals surface area (Å²) in [4.78, 5) is 10.4. The number of methoxy groups -OCH3 is 1. The molecule has 1 rings (SSSR count). The average molecular weight is 252 g/mol. The third-order valence-electron chi connectivity index (χ3n) is 3.26. The van der Waals surface area contributed by atoms with Gasteiger partial charge in [0.2, 0.25) is 0 Å². The second-order valence-electron chi connectivity index (χ2n) is 4.56. The van der Waals surface area contributed by atoms with Gasteiger partial charge in [-0.25, -0.2) is 0 Å². The van der Waals surface area contributed by atoms with Crippen molar-refractivity contribution in [3.63, 3.8) is 0 Å². The number of ether oxygens (including phenoxy) is 1. The predicted octanol–water partition coefficient (Wildman–Crippen LogP) is 2.39. The second-order valence-corrected chi connectivity index (χ2v) is 4.56. The highest BCUT2D eigenvalue weighted by atomic mass is 16.6. The molecule has 2 unspecified atom stereocenters. The quantitative estimate of drug-likeness (QED) is 0.623. The molecule has 0 saturated carbocycles. The van der Waals surface area contributed by atoms with E-state index in [2.05, 4.69) is 19.2 Å². The van der Waals surface area contributed by atoms with Crippen LogP contribution in [-0.4, -0.2) is 25.1 Å². The summed E-state index contributed by atoms with van der Waals surface area (Å²) in [5.41, 5.74) is 1.00. The van der Waals surface area contributed by atoms with Gasteiger partial charge in [-0.05, 0) is 37.9 Å². The van der Waals surface area contributed by atoms with Gasteiger partial charge in [-0.15, -0.1) is 0 Å². The topological polar surface area (TPSA) is 64.4 Å². The van der Waals surface area contributed by atoms with E-state index in [-0.39, 0.29) is 5.69 Å². The Bertz CT molecular complexity index is 421. The molecule has 0 heterocycles. The van der Waals surface area contributed by atoms with Crippen LogP contribution in [-0.2, 0) is 6.42 Å². The predicted molar refractivity (Wildman–Crippen MR) is 71.0 cm³/mol. The van der Waals surface area contributed by atoms with Gasteiger partial charge in [-0.1, -0.05) is 6.92 Å². The van der Waals surface area contributed by atoms with Gasteiger partial charge in [0.25, 0.3) is 5.69 Å². The van der Waals surface area contributed by atoms with Crippen LogP contribution < -0.4 is 10.1 Å². The van der Waals surface area contributed by atoms with Crippen LogP contribution >= 0.6 is 0 Å². The lowest BCUT2D eigenvalue weighted by molar-refractivity contribution is -0.385. The van der Waals surface area contributed by atoms with Crippen molar-refractivity contribution in [1.29, 1.82) is 0 Å². The molecule has 0 aromatic heterocycles. The molecule has 5 heteroatoms. The number of rotatable bonds is 6. The largest absolute Gasteiger partial charge is 0.496 e. The van der Waals surface area contributed by atoms with E-state index in [4.69, 9.17) is 4.74 Å². The summed E-state index contributed by atoms with van der Waals surface area (Å²) in [7, 11) is 3.43. The minimum atomic E-state index is -0.391. The lowest BCUT2D eigenvalue weighted by Crippen LogP contribution is -2.29. The Kier molecular flexibility index (Phi) is 5.09. The van der Waals surface area contributed by atoms with Gasteiger partial charge in [-0.3, -0.25) is 10.1 Å². The van der Waals surface area contributed by atoms with Gasteiger partial charge < -0.3 is 10.1 Å². The minimum Gasteiger partial charge on any atom is -0.496 e. The summed E-state index contributed by atoms with van der Waals surface area (Å²) in [5, 5.41) is 14.0. The molecule has 1 N–H and O–H groups in total. The van der Waals surface area contributed by atoms with Gasteiger partial charge in [0, 0.05) is 12.1 Å². The van der Waals surface area contributed by atoms with Crippen molar-refractivity contribution in [2.45, 2.75) is 26.3 Å². The van der Waals surface area contributed by atoms with E-state index in [1.54, 1.807) is 6.07 Å². The normalized spacial score (nSPS) is 14.0. The van der Waals surface area contributed by atoms with Crippen molar-refractivity contribution >= 4 is 5.69 Å². The fourth-order valence-corrected chi connectivity index (χ4v) is 1.82. The maximum Gasteiger partial charge on any atom is 0.273 e. The van der Waals surface area contributed by atoms with Crippen LogP contribution in [0.4, 0.5) is 5.69 Å². The number of nitro groups is 1. The number of non-ortho nitro benzene ring substituents is 1. The van der Waals surface area contributed by atoms with Crippen LogP contribution in [0, 0.1) is 16.0 Å². The Morgan fingerprint density at radius 1 is 1.39 bits per heavy atom. The van der Waals surface area contributed by atoms with E-state index < -0.39 is 4.92 Å². The third-order valence-corrected chi connectivity index (χ3v) is 3.26. The Morgan fingerprint density at radius 2 is 2.06 bits per heavy atom. The molecule has 0 amide bonds. The fourth-order valence-electron chi connectivity index (χ4n) is 1.82. The Morgan fingerprint density at radius 3 is 2.56 bits per heavy atom. The fraction of sp³-hybridized carbons (Fsp3) is 0.538. The monoisotopic (exact) mass is 252 g/mol. The molecular weight excluding hydrogens is 232 g/mol. The van der Waals surface area contributed by atoms with E-state index in [1.807, 2.05) is 13.1 Å². The van der Waals surface area contributed by atoms with Crippen molar-refractivity contribution in [2.75, 3.05) is 14.2 Å². The molecule has 2 atom stereocenters. The molecule has 5 nitrogen and oxygen atoms in total. The number of nitro benzene ring substituents is 1. The molecule has 0 aliphatic heterocycles. The lowest BCUT2D eigenvalue weighted by Gasteiger charge is -2.19. The molecule has 0 radical (unpaired) electrons. The standard InChI is InChI=1S/C13H20N2O3/c1-9(10(2)14-3)5-11-6-12(15(16)17)8-13(7-11)18-4/h6-10,14H,5H2,1-4H3. The zero-order valence-corrected chi connectivity index (χ0v) is 11.3. The zero-order valence-electron chi connectivity index (χ0n) is 11.3. The van der Waals surface area contributed by atoms with Gasteiger partial charge >= 0.3 is 0 Å². The molecule has 1 aromatic rings. The summed E-state index contributed by atoms with van der Waals surface area (Å²) in [5.74, 6) is 0.922. The van der Waals surface area contributed by atoms with E-state index in [9.17, 15) is 10.1 Å². The summed E-state index contributed by atoms with van der Waals surface area (Å²) in [6.45, 7) is 4.21. The van der Waals surface area contributed by atoms with Gasteiger partial charge in [0.1, 0.15) is 5.75 Å².